The largest absolute Gasteiger partial charge is 0.326 e. The van der Waals surface area contributed by atoms with E-state index in [0.717, 1.165) is 16.7 Å². The van der Waals surface area contributed by atoms with Gasteiger partial charge in [0.05, 0.1) is 5.92 Å². The van der Waals surface area contributed by atoms with Crippen LogP contribution in [0.1, 0.15) is 106 Å². The van der Waals surface area contributed by atoms with Crippen LogP contribution < -0.4 is 16.0 Å². The average Bonchev–Trinajstić information content (AvgIpc) is 2.91. The lowest BCUT2D eigenvalue weighted by molar-refractivity contribution is -0.127. The Balaban J connectivity index is 1.80. The van der Waals surface area contributed by atoms with Gasteiger partial charge in [0.15, 0.2) is 0 Å². The molecule has 3 aromatic carbocycles. The summed E-state index contributed by atoms with van der Waals surface area (Å²) in [6, 6.07) is 17.9. The zero-order valence-corrected chi connectivity index (χ0v) is 26.6. The highest BCUT2D eigenvalue weighted by Gasteiger charge is 2.26. The fourth-order valence-electron chi connectivity index (χ4n) is 4.90. The minimum absolute atomic E-state index is 0.126. The van der Waals surface area contributed by atoms with E-state index in [4.69, 9.17) is 0 Å². The van der Waals surface area contributed by atoms with Gasteiger partial charge in [-0.1, -0.05) is 77.9 Å². The first-order valence-corrected chi connectivity index (χ1v) is 15.0. The average molecular weight is 570 g/mol. The predicted octanol–water partition coefficient (Wildman–Crippen LogP) is 8.59. The summed E-state index contributed by atoms with van der Waals surface area (Å²) < 4.78 is 0. The minimum atomic E-state index is -0.861. The fourth-order valence-corrected chi connectivity index (χ4v) is 4.90. The number of aryl methyl sites for hydroxylation is 3. The SMILES string of the molecule is Cc1cc(C(C)C)ccc1NC(=O)CC(CC(=O)Nc1ccc(C(C)C)cc1C)C(=O)Nc1ccc(C(C)C)cc1C. The van der Waals surface area contributed by atoms with Crippen LogP contribution >= 0.6 is 0 Å². The number of hydrogen-bond acceptors (Lipinski definition) is 3. The first kappa shape index (κ1) is 32.6. The molecule has 0 fully saturated rings. The third-order valence-electron chi connectivity index (χ3n) is 7.79. The van der Waals surface area contributed by atoms with Crippen molar-refractivity contribution < 1.29 is 14.4 Å². The summed E-state index contributed by atoms with van der Waals surface area (Å²) in [6.07, 6.45) is -0.252. The van der Waals surface area contributed by atoms with Crippen LogP contribution in [0.4, 0.5) is 17.1 Å². The van der Waals surface area contributed by atoms with Gasteiger partial charge in [0.25, 0.3) is 0 Å². The highest BCUT2D eigenvalue weighted by molar-refractivity contribution is 6.02. The van der Waals surface area contributed by atoms with Crippen molar-refractivity contribution in [3.63, 3.8) is 0 Å². The topological polar surface area (TPSA) is 87.3 Å². The third kappa shape index (κ3) is 8.78. The summed E-state index contributed by atoms with van der Waals surface area (Å²) in [7, 11) is 0. The maximum absolute atomic E-state index is 13.6. The molecule has 0 aliphatic carbocycles. The molecular formula is C36H47N3O3. The second kappa shape index (κ2) is 14.3. The van der Waals surface area contributed by atoms with Crippen LogP contribution in [0.2, 0.25) is 0 Å². The molecule has 3 aromatic rings. The number of carbonyl (C=O) groups is 3. The first-order chi connectivity index (χ1) is 19.7. The molecule has 0 saturated carbocycles. The lowest BCUT2D eigenvalue weighted by Gasteiger charge is -2.19. The Hall–Kier alpha value is -3.93. The van der Waals surface area contributed by atoms with Gasteiger partial charge in [0, 0.05) is 29.9 Å². The van der Waals surface area contributed by atoms with E-state index in [2.05, 4.69) is 75.7 Å². The molecule has 6 nitrogen and oxygen atoms in total. The van der Waals surface area contributed by atoms with Gasteiger partial charge < -0.3 is 16.0 Å². The summed E-state index contributed by atoms with van der Waals surface area (Å²) in [5.41, 5.74) is 8.48. The lowest BCUT2D eigenvalue weighted by atomic mass is 9.96. The number of nitrogens with one attached hydrogen (secondary N) is 3. The van der Waals surface area contributed by atoms with E-state index in [-0.39, 0.29) is 30.6 Å². The second-order valence-electron chi connectivity index (χ2n) is 12.4. The van der Waals surface area contributed by atoms with Gasteiger partial charge >= 0.3 is 0 Å². The van der Waals surface area contributed by atoms with Crippen LogP contribution in [0, 0.1) is 26.7 Å². The Morgan fingerprint density at radius 1 is 0.524 bits per heavy atom. The molecule has 0 spiro atoms. The van der Waals surface area contributed by atoms with Gasteiger partial charge in [-0.25, -0.2) is 0 Å². The Morgan fingerprint density at radius 3 is 1.12 bits per heavy atom. The monoisotopic (exact) mass is 569 g/mol. The van der Waals surface area contributed by atoms with Crippen molar-refractivity contribution in [2.24, 2.45) is 5.92 Å². The normalized spacial score (nSPS) is 11.4. The van der Waals surface area contributed by atoms with Crippen molar-refractivity contribution in [2.75, 3.05) is 16.0 Å². The van der Waals surface area contributed by atoms with Crippen molar-refractivity contribution >= 4 is 34.8 Å². The Bertz CT molecular complexity index is 1370. The maximum atomic E-state index is 13.6. The van der Waals surface area contributed by atoms with E-state index >= 15 is 0 Å². The van der Waals surface area contributed by atoms with Crippen molar-refractivity contribution in [3.8, 4) is 0 Å². The Morgan fingerprint density at radius 2 is 0.833 bits per heavy atom. The van der Waals surface area contributed by atoms with E-state index in [9.17, 15) is 14.4 Å². The van der Waals surface area contributed by atoms with Gasteiger partial charge in [0.2, 0.25) is 17.7 Å². The number of rotatable bonds is 11. The molecule has 0 radical (unpaired) electrons. The molecule has 0 aliphatic rings. The molecule has 42 heavy (non-hydrogen) atoms. The molecule has 0 aromatic heterocycles. The molecule has 3 amide bonds. The van der Waals surface area contributed by atoms with Crippen LogP contribution in [-0.2, 0) is 14.4 Å². The highest BCUT2D eigenvalue weighted by Crippen LogP contribution is 2.26. The maximum Gasteiger partial charge on any atom is 0.228 e. The minimum Gasteiger partial charge on any atom is -0.326 e. The molecule has 3 N–H and O–H groups in total. The van der Waals surface area contributed by atoms with Crippen molar-refractivity contribution in [1.82, 2.24) is 0 Å². The quantitative estimate of drug-likeness (QED) is 0.216. The van der Waals surface area contributed by atoms with Crippen LogP contribution in [0.5, 0.6) is 0 Å². The van der Waals surface area contributed by atoms with E-state index in [1.54, 1.807) is 0 Å². The zero-order valence-electron chi connectivity index (χ0n) is 26.6. The predicted molar refractivity (Wildman–Crippen MR) is 174 cm³/mol. The number of hydrogen-bond donors (Lipinski definition) is 3. The Labute approximate surface area is 251 Å². The molecule has 3 rings (SSSR count). The van der Waals surface area contributed by atoms with Crippen LogP contribution in [-0.4, -0.2) is 17.7 Å². The van der Waals surface area contributed by atoms with E-state index in [1.165, 1.54) is 16.7 Å². The Kier molecular flexibility index (Phi) is 11.1. The molecular weight excluding hydrogens is 522 g/mol. The van der Waals surface area contributed by atoms with Crippen molar-refractivity contribution in [3.05, 3.63) is 88.0 Å². The van der Waals surface area contributed by atoms with Gasteiger partial charge in [-0.3, -0.25) is 14.4 Å². The fraction of sp³-hybridized carbons (Fsp3) is 0.417. The van der Waals surface area contributed by atoms with Crippen molar-refractivity contribution in [1.29, 1.82) is 0 Å². The van der Waals surface area contributed by atoms with E-state index in [0.29, 0.717) is 34.8 Å². The molecule has 0 unspecified atom stereocenters. The van der Waals surface area contributed by atoms with Gasteiger partial charge in [-0.15, -0.1) is 0 Å². The second-order valence-corrected chi connectivity index (χ2v) is 12.4. The van der Waals surface area contributed by atoms with Crippen LogP contribution in [0.25, 0.3) is 0 Å². The first-order valence-electron chi connectivity index (χ1n) is 15.0. The summed E-state index contributed by atoms with van der Waals surface area (Å²) in [5.74, 6) is -0.726. The summed E-state index contributed by atoms with van der Waals surface area (Å²) >= 11 is 0. The van der Waals surface area contributed by atoms with E-state index < -0.39 is 5.92 Å². The number of amides is 3. The summed E-state index contributed by atoms with van der Waals surface area (Å²) in [6.45, 7) is 18.6. The number of anilines is 3. The van der Waals surface area contributed by atoms with Gasteiger partial charge in [-0.05, 0) is 90.1 Å². The summed E-state index contributed by atoms with van der Waals surface area (Å²) in [5, 5.41) is 8.89. The molecule has 224 valence electrons. The molecule has 0 heterocycles. The number of carbonyl (C=O) groups excluding carboxylic acids is 3. The number of benzene rings is 3. The molecule has 6 heteroatoms. The molecule has 0 bridgehead atoms. The molecule has 0 aliphatic heterocycles. The van der Waals surface area contributed by atoms with E-state index in [1.807, 2.05) is 57.2 Å². The van der Waals surface area contributed by atoms with Gasteiger partial charge in [-0.2, -0.15) is 0 Å². The highest BCUT2D eigenvalue weighted by atomic mass is 16.2. The molecule has 0 atom stereocenters. The summed E-state index contributed by atoms with van der Waals surface area (Å²) in [4.78, 5) is 40.0. The van der Waals surface area contributed by atoms with Crippen LogP contribution in [0.3, 0.4) is 0 Å². The van der Waals surface area contributed by atoms with Crippen LogP contribution in [0.15, 0.2) is 54.6 Å². The smallest absolute Gasteiger partial charge is 0.228 e. The standard InChI is InChI=1S/C36H47N3O3/c1-21(2)27-10-13-31(24(7)16-27)37-34(40)19-30(36(42)39-33-15-12-29(23(5)6)18-26(33)9)20-35(41)38-32-14-11-28(22(3)4)17-25(32)8/h10-18,21-23,30H,19-20H2,1-9H3,(H,37,40)(H,38,41)(H,39,42). The van der Waals surface area contributed by atoms with Crippen molar-refractivity contribution in [2.45, 2.75) is 92.9 Å². The lowest BCUT2D eigenvalue weighted by Crippen LogP contribution is -2.31. The van der Waals surface area contributed by atoms with Gasteiger partial charge in [0.1, 0.15) is 0 Å². The zero-order chi connectivity index (χ0) is 31.1. The third-order valence-corrected chi connectivity index (χ3v) is 7.79. The molecule has 0 saturated heterocycles.